The Bertz CT molecular complexity index is 1100. The maximum atomic E-state index is 12.2. The van der Waals surface area contributed by atoms with Crippen LogP contribution in [-0.2, 0) is 9.53 Å². The topological polar surface area (TPSA) is 123 Å². The number of anilines is 1. The molecule has 1 aromatic heterocycles. The molecular formula is C18H16ClN3O6. The summed E-state index contributed by atoms with van der Waals surface area (Å²) in [4.78, 5) is 40.7. The Labute approximate surface area is 163 Å². The number of hydrogen-bond acceptors (Lipinski definition) is 6. The van der Waals surface area contributed by atoms with E-state index in [1.165, 1.54) is 26.4 Å². The lowest BCUT2D eigenvalue weighted by Crippen LogP contribution is -2.21. The predicted molar refractivity (Wildman–Crippen MR) is 102 cm³/mol. The maximum Gasteiger partial charge on any atom is 0.338 e. The Balaban J connectivity index is 1.64. The van der Waals surface area contributed by atoms with Gasteiger partial charge in [-0.2, -0.15) is 0 Å². The fraction of sp³-hybridized carbons (Fsp3) is 0.167. The lowest BCUT2D eigenvalue weighted by molar-refractivity contribution is -0.119. The number of halogens is 1. The summed E-state index contributed by atoms with van der Waals surface area (Å²) in [7, 11) is 2.83. The van der Waals surface area contributed by atoms with Gasteiger partial charge < -0.3 is 29.5 Å². The zero-order chi connectivity index (χ0) is 20.3. The summed E-state index contributed by atoms with van der Waals surface area (Å²) in [5.74, 6) is -0.738. The van der Waals surface area contributed by atoms with Crippen LogP contribution in [0, 0.1) is 0 Å². The minimum Gasteiger partial charge on any atom is -0.493 e. The number of carbonyl (C=O) groups excluding carboxylic acids is 2. The highest BCUT2D eigenvalue weighted by atomic mass is 35.5. The molecule has 0 atom stereocenters. The number of imidazole rings is 1. The zero-order valence-electron chi connectivity index (χ0n) is 14.9. The monoisotopic (exact) mass is 405 g/mol. The Hall–Kier alpha value is -3.46. The average Bonchev–Trinajstić information content (AvgIpc) is 3.04. The highest BCUT2D eigenvalue weighted by molar-refractivity contribution is 6.32. The molecule has 10 heteroatoms. The molecule has 1 amide bonds. The smallest absolute Gasteiger partial charge is 0.338 e. The number of ether oxygens (including phenoxy) is 3. The molecule has 146 valence electrons. The number of aromatic nitrogens is 2. The SMILES string of the molecule is COc1cc(C(=O)OCC(=O)Nc2ccc3[nH]c(=O)[nH]c3c2)cc(Cl)c1OC. The van der Waals surface area contributed by atoms with Gasteiger partial charge in [0.15, 0.2) is 18.1 Å². The first-order valence-electron chi connectivity index (χ1n) is 8.02. The number of fused-ring (bicyclic) bond motifs is 1. The summed E-state index contributed by atoms with van der Waals surface area (Å²) in [6, 6.07) is 7.60. The molecule has 28 heavy (non-hydrogen) atoms. The number of methoxy groups -OCH3 is 2. The average molecular weight is 406 g/mol. The van der Waals surface area contributed by atoms with Crippen molar-refractivity contribution in [2.45, 2.75) is 0 Å². The number of H-pyrrole nitrogens is 2. The fourth-order valence-electron chi connectivity index (χ4n) is 2.56. The number of benzene rings is 2. The predicted octanol–water partition coefficient (Wildman–Crippen LogP) is 2.32. The molecule has 1 heterocycles. The van der Waals surface area contributed by atoms with Gasteiger partial charge >= 0.3 is 11.7 Å². The van der Waals surface area contributed by atoms with Crippen LogP contribution in [0.5, 0.6) is 11.5 Å². The summed E-state index contributed by atoms with van der Waals surface area (Å²) in [6.45, 7) is -0.507. The number of rotatable bonds is 6. The molecular weight excluding hydrogens is 390 g/mol. The van der Waals surface area contributed by atoms with E-state index in [2.05, 4.69) is 15.3 Å². The summed E-state index contributed by atoms with van der Waals surface area (Å²) >= 11 is 6.06. The minimum atomic E-state index is -0.747. The van der Waals surface area contributed by atoms with Gasteiger partial charge in [-0.3, -0.25) is 4.79 Å². The van der Waals surface area contributed by atoms with Crippen LogP contribution in [-0.4, -0.2) is 42.7 Å². The van der Waals surface area contributed by atoms with Crippen molar-refractivity contribution in [1.82, 2.24) is 9.97 Å². The standard InChI is InChI=1S/C18H16ClN3O6/c1-26-14-6-9(5-11(19)16(14)27-2)17(24)28-8-15(23)20-10-3-4-12-13(7-10)22-18(25)21-12/h3-7H,8H2,1-2H3,(H,20,23)(H2,21,22,25). The molecule has 0 radical (unpaired) electrons. The summed E-state index contributed by atoms with van der Waals surface area (Å²) in [5.41, 5.74) is 1.36. The highest BCUT2D eigenvalue weighted by Gasteiger charge is 2.17. The molecule has 0 unspecified atom stereocenters. The van der Waals surface area contributed by atoms with E-state index in [1.807, 2.05) is 0 Å². The molecule has 0 aliphatic heterocycles. The van der Waals surface area contributed by atoms with Crippen LogP contribution in [0.2, 0.25) is 5.02 Å². The molecule has 0 aliphatic carbocycles. The van der Waals surface area contributed by atoms with Crippen molar-refractivity contribution < 1.29 is 23.8 Å². The van der Waals surface area contributed by atoms with Crippen LogP contribution in [0.15, 0.2) is 35.1 Å². The number of nitrogens with one attached hydrogen (secondary N) is 3. The molecule has 3 aromatic rings. The molecule has 0 aliphatic rings. The molecule has 0 spiro atoms. The third kappa shape index (κ3) is 4.09. The molecule has 3 rings (SSSR count). The summed E-state index contributed by atoms with van der Waals surface area (Å²) < 4.78 is 15.2. The van der Waals surface area contributed by atoms with Crippen LogP contribution in [0.25, 0.3) is 11.0 Å². The maximum absolute atomic E-state index is 12.2. The number of esters is 1. The van der Waals surface area contributed by atoms with Crippen LogP contribution in [0.3, 0.4) is 0 Å². The Morgan fingerprint density at radius 1 is 1.07 bits per heavy atom. The molecule has 0 fully saturated rings. The van der Waals surface area contributed by atoms with Crippen molar-refractivity contribution in [1.29, 1.82) is 0 Å². The normalized spacial score (nSPS) is 10.5. The number of carbonyl (C=O) groups is 2. The Kier molecular flexibility index (Phi) is 5.55. The molecule has 0 saturated carbocycles. The van der Waals surface area contributed by atoms with Crippen LogP contribution in [0.1, 0.15) is 10.4 Å². The van der Waals surface area contributed by atoms with Crippen molar-refractivity contribution in [3.63, 3.8) is 0 Å². The lowest BCUT2D eigenvalue weighted by atomic mass is 10.2. The highest BCUT2D eigenvalue weighted by Crippen LogP contribution is 2.36. The van der Waals surface area contributed by atoms with Gasteiger partial charge in [-0.25, -0.2) is 9.59 Å². The number of aromatic amines is 2. The van der Waals surface area contributed by atoms with Gasteiger partial charge in [0, 0.05) is 5.69 Å². The van der Waals surface area contributed by atoms with E-state index < -0.39 is 18.5 Å². The first-order valence-corrected chi connectivity index (χ1v) is 8.39. The largest absolute Gasteiger partial charge is 0.493 e. The molecule has 0 saturated heterocycles. The van der Waals surface area contributed by atoms with Crippen molar-refractivity contribution >= 4 is 40.2 Å². The van der Waals surface area contributed by atoms with E-state index in [0.29, 0.717) is 16.7 Å². The second kappa shape index (κ2) is 8.05. The second-order valence-corrected chi connectivity index (χ2v) is 6.06. The van der Waals surface area contributed by atoms with Crippen molar-refractivity contribution in [2.75, 3.05) is 26.1 Å². The van der Waals surface area contributed by atoms with Crippen molar-refractivity contribution in [2.24, 2.45) is 0 Å². The summed E-state index contributed by atoms with van der Waals surface area (Å²) in [5, 5.41) is 2.75. The summed E-state index contributed by atoms with van der Waals surface area (Å²) in [6.07, 6.45) is 0. The quantitative estimate of drug-likeness (QED) is 0.541. The fourth-order valence-corrected chi connectivity index (χ4v) is 2.85. The van der Waals surface area contributed by atoms with E-state index in [0.717, 1.165) is 0 Å². The third-order valence-corrected chi connectivity index (χ3v) is 4.08. The first-order chi connectivity index (χ1) is 13.4. The molecule has 9 nitrogen and oxygen atoms in total. The van der Waals surface area contributed by atoms with Crippen molar-refractivity contribution in [3.05, 3.63) is 51.4 Å². The number of hydrogen-bond donors (Lipinski definition) is 3. The van der Waals surface area contributed by atoms with E-state index in [-0.39, 0.29) is 27.8 Å². The Morgan fingerprint density at radius 3 is 2.54 bits per heavy atom. The van der Waals surface area contributed by atoms with E-state index in [1.54, 1.807) is 18.2 Å². The van der Waals surface area contributed by atoms with Crippen molar-refractivity contribution in [3.8, 4) is 11.5 Å². The van der Waals surface area contributed by atoms with Gasteiger partial charge in [0.05, 0.1) is 35.8 Å². The number of amides is 1. The Morgan fingerprint density at radius 2 is 1.82 bits per heavy atom. The third-order valence-electron chi connectivity index (χ3n) is 3.80. The van der Waals surface area contributed by atoms with Crippen LogP contribution < -0.4 is 20.5 Å². The zero-order valence-corrected chi connectivity index (χ0v) is 15.7. The first kappa shape index (κ1) is 19.3. The van der Waals surface area contributed by atoms with Gasteiger partial charge in [0.2, 0.25) is 0 Å². The molecule has 0 bridgehead atoms. The molecule has 3 N–H and O–H groups in total. The van der Waals surface area contributed by atoms with Gasteiger partial charge in [-0.15, -0.1) is 0 Å². The van der Waals surface area contributed by atoms with Gasteiger partial charge in [-0.1, -0.05) is 11.6 Å². The van der Waals surface area contributed by atoms with Gasteiger partial charge in [-0.05, 0) is 30.3 Å². The van der Waals surface area contributed by atoms with E-state index >= 15 is 0 Å². The van der Waals surface area contributed by atoms with Crippen LogP contribution >= 0.6 is 11.6 Å². The van der Waals surface area contributed by atoms with Gasteiger partial charge in [0.25, 0.3) is 5.91 Å². The van der Waals surface area contributed by atoms with Crippen LogP contribution in [0.4, 0.5) is 5.69 Å². The van der Waals surface area contributed by atoms with Gasteiger partial charge in [0.1, 0.15) is 0 Å². The van der Waals surface area contributed by atoms with E-state index in [9.17, 15) is 14.4 Å². The van der Waals surface area contributed by atoms with E-state index in [4.69, 9.17) is 25.8 Å². The second-order valence-electron chi connectivity index (χ2n) is 5.66. The molecule has 2 aromatic carbocycles. The minimum absolute atomic E-state index is 0.113. The lowest BCUT2D eigenvalue weighted by Gasteiger charge is -2.11.